The number of fused-ring (bicyclic) bond motifs is 1. The summed E-state index contributed by atoms with van der Waals surface area (Å²) in [5.41, 5.74) is 1.64. The van der Waals surface area contributed by atoms with E-state index in [0.29, 0.717) is 27.2 Å². The molecule has 0 spiro atoms. The van der Waals surface area contributed by atoms with E-state index in [4.69, 9.17) is 26.0 Å². The molecule has 0 fully saturated rings. The number of hydrogen-bond acceptors (Lipinski definition) is 5. The second-order valence-corrected chi connectivity index (χ2v) is 6.18. The molecule has 3 aromatic rings. The van der Waals surface area contributed by atoms with Gasteiger partial charge in [0.25, 0.3) is 5.91 Å². The number of ether oxygens (including phenoxy) is 1. The van der Waals surface area contributed by atoms with E-state index in [0.717, 1.165) is 0 Å². The third kappa shape index (κ3) is 3.94. The van der Waals surface area contributed by atoms with Crippen LogP contribution in [-0.2, 0) is 9.53 Å². The van der Waals surface area contributed by atoms with E-state index in [1.165, 1.54) is 4.90 Å². The molecule has 2 aromatic carbocycles. The number of aryl methyl sites for hydroxylation is 1. The monoisotopic (exact) mass is 382 g/mol. The SMILES string of the molecule is Cc1c(C(=O)OCC(=O)N(CC#N)c2ccccc2)oc2ccc(Cl)cc12. The summed E-state index contributed by atoms with van der Waals surface area (Å²) in [6.45, 7) is 1.06. The number of carbonyl (C=O) groups is 2. The maximum Gasteiger partial charge on any atom is 0.375 e. The first-order chi connectivity index (χ1) is 13.0. The Hall–Kier alpha value is -3.30. The zero-order valence-electron chi connectivity index (χ0n) is 14.4. The molecule has 0 radical (unpaired) electrons. The molecule has 0 aliphatic carbocycles. The number of carbonyl (C=O) groups excluding carboxylic acids is 2. The number of amides is 1. The molecular formula is C20H15ClN2O4. The molecule has 7 heteroatoms. The number of esters is 1. The molecule has 6 nitrogen and oxygen atoms in total. The van der Waals surface area contributed by atoms with Crippen molar-refractivity contribution in [2.24, 2.45) is 0 Å². The number of anilines is 1. The first-order valence-electron chi connectivity index (χ1n) is 8.09. The number of nitriles is 1. The maximum absolute atomic E-state index is 12.4. The summed E-state index contributed by atoms with van der Waals surface area (Å²) in [5.74, 6) is -1.24. The standard InChI is InChI=1S/C20H15ClN2O4/c1-13-16-11-14(21)7-8-17(16)27-19(13)20(25)26-12-18(24)23(10-9-22)15-5-3-2-4-6-15/h2-8,11H,10,12H2,1H3. The fourth-order valence-electron chi connectivity index (χ4n) is 2.66. The molecular weight excluding hydrogens is 368 g/mol. The van der Waals surface area contributed by atoms with Crippen LogP contribution in [0.25, 0.3) is 11.0 Å². The second-order valence-electron chi connectivity index (χ2n) is 5.75. The van der Waals surface area contributed by atoms with Crippen LogP contribution in [0.5, 0.6) is 0 Å². The summed E-state index contributed by atoms with van der Waals surface area (Å²) >= 11 is 5.97. The van der Waals surface area contributed by atoms with E-state index in [2.05, 4.69) is 0 Å². The van der Waals surface area contributed by atoms with Gasteiger partial charge in [-0.05, 0) is 37.3 Å². The summed E-state index contributed by atoms with van der Waals surface area (Å²) in [6.07, 6.45) is 0. The summed E-state index contributed by atoms with van der Waals surface area (Å²) in [7, 11) is 0. The molecule has 1 heterocycles. The van der Waals surface area contributed by atoms with Crippen molar-refractivity contribution in [1.82, 2.24) is 0 Å². The number of benzene rings is 2. The number of rotatable bonds is 5. The summed E-state index contributed by atoms with van der Waals surface area (Å²) < 4.78 is 10.6. The van der Waals surface area contributed by atoms with Gasteiger partial charge in [0.1, 0.15) is 12.1 Å². The van der Waals surface area contributed by atoms with Crippen molar-refractivity contribution >= 4 is 40.1 Å². The Bertz CT molecular complexity index is 1040. The zero-order chi connectivity index (χ0) is 19.4. The fraction of sp³-hybridized carbons (Fsp3) is 0.150. The largest absolute Gasteiger partial charge is 0.450 e. The highest BCUT2D eigenvalue weighted by Crippen LogP contribution is 2.28. The van der Waals surface area contributed by atoms with Crippen LogP contribution in [0.3, 0.4) is 0 Å². The summed E-state index contributed by atoms with van der Waals surface area (Å²) in [6, 6.07) is 15.7. The van der Waals surface area contributed by atoms with Gasteiger partial charge in [-0.3, -0.25) is 9.69 Å². The van der Waals surface area contributed by atoms with E-state index in [9.17, 15) is 9.59 Å². The van der Waals surface area contributed by atoms with E-state index in [1.54, 1.807) is 55.5 Å². The van der Waals surface area contributed by atoms with Crippen LogP contribution >= 0.6 is 11.6 Å². The molecule has 1 aromatic heterocycles. The van der Waals surface area contributed by atoms with Gasteiger partial charge in [-0.1, -0.05) is 29.8 Å². The van der Waals surface area contributed by atoms with Gasteiger partial charge in [-0.2, -0.15) is 5.26 Å². The van der Waals surface area contributed by atoms with Crippen molar-refractivity contribution in [1.29, 1.82) is 5.26 Å². The number of hydrogen-bond donors (Lipinski definition) is 0. The number of furan rings is 1. The topological polar surface area (TPSA) is 83.5 Å². The van der Waals surface area contributed by atoms with Crippen LogP contribution in [0.4, 0.5) is 5.69 Å². The first-order valence-corrected chi connectivity index (χ1v) is 8.47. The van der Waals surface area contributed by atoms with Crippen LogP contribution in [0.15, 0.2) is 52.9 Å². The van der Waals surface area contributed by atoms with E-state index in [-0.39, 0.29) is 12.3 Å². The lowest BCUT2D eigenvalue weighted by atomic mass is 10.1. The molecule has 0 saturated heterocycles. The van der Waals surface area contributed by atoms with Gasteiger partial charge in [0, 0.05) is 21.7 Å². The predicted octanol–water partition coefficient (Wildman–Crippen LogP) is 4.11. The minimum atomic E-state index is -0.752. The average molecular weight is 383 g/mol. The Morgan fingerprint density at radius 1 is 1.22 bits per heavy atom. The number of para-hydroxylation sites is 1. The van der Waals surface area contributed by atoms with Crippen LogP contribution in [0, 0.1) is 18.3 Å². The highest BCUT2D eigenvalue weighted by atomic mass is 35.5. The van der Waals surface area contributed by atoms with E-state index >= 15 is 0 Å². The third-order valence-electron chi connectivity index (χ3n) is 4.01. The fourth-order valence-corrected chi connectivity index (χ4v) is 2.83. The van der Waals surface area contributed by atoms with Gasteiger partial charge >= 0.3 is 5.97 Å². The molecule has 0 aliphatic heterocycles. The highest BCUT2D eigenvalue weighted by Gasteiger charge is 2.22. The first kappa shape index (κ1) is 18.5. The van der Waals surface area contributed by atoms with Gasteiger partial charge < -0.3 is 9.15 Å². The Kier molecular flexibility index (Phi) is 5.43. The predicted molar refractivity (Wildman–Crippen MR) is 101 cm³/mol. The van der Waals surface area contributed by atoms with Crippen LogP contribution < -0.4 is 4.90 Å². The Labute approximate surface area is 160 Å². The molecule has 0 bridgehead atoms. The molecule has 0 saturated carbocycles. The number of halogens is 1. The van der Waals surface area contributed by atoms with Gasteiger partial charge in [-0.15, -0.1) is 0 Å². The molecule has 1 amide bonds. The molecule has 0 N–H and O–H groups in total. The van der Waals surface area contributed by atoms with Crippen LogP contribution in [-0.4, -0.2) is 25.0 Å². The van der Waals surface area contributed by atoms with Crippen molar-refractivity contribution in [3.63, 3.8) is 0 Å². The molecule has 0 unspecified atom stereocenters. The molecule has 0 atom stereocenters. The maximum atomic E-state index is 12.4. The van der Waals surface area contributed by atoms with Crippen molar-refractivity contribution in [2.75, 3.05) is 18.1 Å². The van der Waals surface area contributed by atoms with Crippen molar-refractivity contribution in [3.8, 4) is 6.07 Å². The van der Waals surface area contributed by atoms with E-state index < -0.39 is 18.5 Å². The van der Waals surface area contributed by atoms with Gasteiger partial charge in [0.15, 0.2) is 6.61 Å². The normalized spacial score (nSPS) is 10.4. The quantitative estimate of drug-likeness (QED) is 0.489. The Balaban J connectivity index is 1.74. The average Bonchev–Trinajstić information content (AvgIpc) is 3.01. The van der Waals surface area contributed by atoms with Crippen LogP contribution in [0.2, 0.25) is 5.02 Å². The van der Waals surface area contributed by atoms with Crippen molar-refractivity contribution in [3.05, 3.63) is 64.9 Å². The van der Waals surface area contributed by atoms with Gasteiger partial charge in [0.2, 0.25) is 5.76 Å². The zero-order valence-corrected chi connectivity index (χ0v) is 15.2. The molecule has 0 aliphatic rings. The van der Waals surface area contributed by atoms with Crippen molar-refractivity contribution < 1.29 is 18.7 Å². The minimum Gasteiger partial charge on any atom is -0.450 e. The summed E-state index contributed by atoms with van der Waals surface area (Å²) in [4.78, 5) is 26.0. The van der Waals surface area contributed by atoms with Crippen LogP contribution in [0.1, 0.15) is 16.1 Å². The Morgan fingerprint density at radius 3 is 2.67 bits per heavy atom. The number of nitrogens with zero attached hydrogens (tertiary/aromatic N) is 2. The third-order valence-corrected chi connectivity index (χ3v) is 4.24. The molecule has 136 valence electrons. The van der Waals surface area contributed by atoms with Gasteiger partial charge in [0.05, 0.1) is 6.07 Å². The lowest BCUT2D eigenvalue weighted by Gasteiger charge is -2.19. The van der Waals surface area contributed by atoms with Gasteiger partial charge in [-0.25, -0.2) is 4.79 Å². The second kappa shape index (κ2) is 7.94. The lowest BCUT2D eigenvalue weighted by Crippen LogP contribution is -2.35. The summed E-state index contributed by atoms with van der Waals surface area (Å²) in [5, 5.41) is 10.2. The highest BCUT2D eigenvalue weighted by molar-refractivity contribution is 6.31. The smallest absolute Gasteiger partial charge is 0.375 e. The molecule has 3 rings (SSSR count). The Morgan fingerprint density at radius 2 is 1.96 bits per heavy atom. The van der Waals surface area contributed by atoms with E-state index in [1.807, 2.05) is 6.07 Å². The lowest BCUT2D eigenvalue weighted by molar-refractivity contribution is -0.121. The minimum absolute atomic E-state index is 0.0200. The molecule has 27 heavy (non-hydrogen) atoms. The van der Waals surface area contributed by atoms with Crippen molar-refractivity contribution in [2.45, 2.75) is 6.92 Å².